The lowest BCUT2D eigenvalue weighted by atomic mass is 10.2. The number of thiazole rings is 1. The summed E-state index contributed by atoms with van der Waals surface area (Å²) in [4.78, 5) is 30.1. The molecule has 0 fully saturated rings. The zero-order valence-corrected chi connectivity index (χ0v) is 15.7. The number of halogens is 2. The van der Waals surface area contributed by atoms with Gasteiger partial charge >= 0.3 is 5.97 Å². The van der Waals surface area contributed by atoms with Crippen LogP contribution in [0.2, 0.25) is 0 Å². The smallest absolute Gasteiger partial charge is 0.307 e. The van der Waals surface area contributed by atoms with Gasteiger partial charge in [0.25, 0.3) is 5.91 Å². The first kappa shape index (κ1) is 19.7. The van der Waals surface area contributed by atoms with E-state index < -0.39 is 23.5 Å². The number of nitrogens with zero attached hydrogens (tertiary/aromatic N) is 2. The number of carbonyl (C=O) groups is 2. The molecule has 0 aliphatic heterocycles. The summed E-state index contributed by atoms with van der Waals surface area (Å²) in [5.74, 6) is -2.89. The number of hydrogen-bond acceptors (Lipinski definition) is 6. The van der Waals surface area contributed by atoms with E-state index in [2.05, 4.69) is 9.72 Å². The molecule has 0 saturated carbocycles. The van der Waals surface area contributed by atoms with Crippen molar-refractivity contribution in [3.63, 3.8) is 0 Å². The monoisotopic (exact) mass is 406 g/mol. The van der Waals surface area contributed by atoms with Gasteiger partial charge in [0.2, 0.25) is 0 Å². The lowest BCUT2D eigenvalue weighted by Gasteiger charge is -2.21. The Labute approximate surface area is 163 Å². The van der Waals surface area contributed by atoms with Crippen LogP contribution in [0.5, 0.6) is 0 Å². The molecule has 1 aromatic carbocycles. The highest BCUT2D eigenvalue weighted by Crippen LogP contribution is 2.25. The van der Waals surface area contributed by atoms with Gasteiger partial charge in [0, 0.05) is 24.0 Å². The predicted octanol–water partition coefficient (Wildman–Crippen LogP) is 3.89. The zero-order chi connectivity index (χ0) is 20.1. The fourth-order valence-electron chi connectivity index (χ4n) is 2.49. The average molecular weight is 406 g/mol. The Morgan fingerprint density at radius 2 is 2.07 bits per heavy atom. The van der Waals surface area contributed by atoms with E-state index >= 15 is 0 Å². The topological polar surface area (TPSA) is 72.6 Å². The van der Waals surface area contributed by atoms with Gasteiger partial charge in [0.05, 0.1) is 19.8 Å². The van der Waals surface area contributed by atoms with Crippen LogP contribution >= 0.6 is 11.3 Å². The lowest BCUT2D eigenvalue weighted by Crippen LogP contribution is -2.33. The number of esters is 1. The second-order valence-electron chi connectivity index (χ2n) is 5.85. The molecule has 9 heteroatoms. The average Bonchev–Trinajstić information content (AvgIpc) is 3.38. The highest BCUT2D eigenvalue weighted by molar-refractivity contribution is 7.13. The van der Waals surface area contributed by atoms with Gasteiger partial charge in [-0.05, 0) is 23.8 Å². The van der Waals surface area contributed by atoms with E-state index in [4.69, 9.17) is 4.42 Å². The largest absolute Gasteiger partial charge is 0.472 e. The number of methoxy groups -OCH3 is 1. The van der Waals surface area contributed by atoms with Crippen LogP contribution < -0.4 is 0 Å². The molecule has 0 spiro atoms. The van der Waals surface area contributed by atoms with Crippen LogP contribution in [0.3, 0.4) is 0 Å². The zero-order valence-electron chi connectivity index (χ0n) is 14.9. The van der Waals surface area contributed by atoms with Crippen molar-refractivity contribution in [3.05, 3.63) is 65.1 Å². The van der Waals surface area contributed by atoms with Crippen molar-refractivity contribution in [2.24, 2.45) is 0 Å². The summed E-state index contributed by atoms with van der Waals surface area (Å²) < 4.78 is 36.3. The molecule has 0 aliphatic rings. The third-order valence-electron chi connectivity index (χ3n) is 3.95. The number of rotatable bonds is 7. The van der Waals surface area contributed by atoms with Gasteiger partial charge in [-0.25, -0.2) is 13.8 Å². The van der Waals surface area contributed by atoms with Gasteiger partial charge < -0.3 is 14.1 Å². The van der Waals surface area contributed by atoms with Crippen LogP contribution in [-0.4, -0.2) is 35.4 Å². The molecule has 0 radical (unpaired) electrons. The fourth-order valence-corrected chi connectivity index (χ4v) is 3.27. The van der Waals surface area contributed by atoms with Gasteiger partial charge in [0.1, 0.15) is 17.0 Å². The van der Waals surface area contributed by atoms with Crippen LogP contribution in [0, 0.1) is 11.6 Å². The summed E-state index contributed by atoms with van der Waals surface area (Å²) in [6.07, 6.45) is 2.98. The van der Waals surface area contributed by atoms with E-state index in [1.807, 2.05) is 0 Å². The summed E-state index contributed by atoms with van der Waals surface area (Å²) in [7, 11) is 1.25. The molecule has 3 rings (SSSR count). The highest BCUT2D eigenvalue weighted by atomic mass is 32.1. The first-order valence-electron chi connectivity index (χ1n) is 8.26. The molecule has 0 unspecified atom stereocenters. The van der Waals surface area contributed by atoms with Crippen LogP contribution in [0.15, 0.2) is 46.6 Å². The van der Waals surface area contributed by atoms with Crippen molar-refractivity contribution >= 4 is 23.2 Å². The standard InChI is InChI=1S/C19H16F2N2O4S/c1-26-17(24)4-6-23(9-12-2-3-14(20)15(21)8-12)19(25)16-11-28-18(22-16)13-5-7-27-10-13/h2-3,5,7-8,10-11H,4,6,9H2,1H3. The Bertz CT molecular complexity index is 972. The minimum Gasteiger partial charge on any atom is -0.472 e. The van der Waals surface area contributed by atoms with Gasteiger partial charge in [-0.15, -0.1) is 11.3 Å². The molecule has 3 aromatic rings. The Kier molecular flexibility index (Phi) is 6.15. The number of furan rings is 1. The van der Waals surface area contributed by atoms with E-state index in [1.165, 1.54) is 41.9 Å². The molecule has 146 valence electrons. The third-order valence-corrected chi connectivity index (χ3v) is 4.84. The van der Waals surface area contributed by atoms with Gasteiger partial charge in [-0.2, -0.15) is 0 Å². The van der Waals surface area contributed by atoms with Crippen molar-refractivity contribution in [1.29, 1.82) is 0 Å². The van der Waals surface area contributed by atoms with Crippen molar-refractivity contribution in [3.8, 4) is 10.6 Å². The van der Waals surface area contributed by atoms with Gasteiger partial charge in [0.15, 0.2) is 11.6 Å². The van der Waals surface area contributed by atoms with Crippen molar-refractivity contribution in [1.82, 2.24) is 9.88 Å². The maximum Gasteiger partial charge on any atom is 0.307 e. The molecule has 2 aromatic heterocycles. The minimum atomic E-state index is -1.01. The normalized spacial score (nSPS) is 10.7. The maximum absolute atomic E-state index is 13.5. The van der Waals surface area contributed by atoms with Crippen LogP contribution in [0.25, 0.3) is 10.6 Å². The quantitative estimate of drug-likeness (QED) is 0.557. The number of carbonyl (C=O) groups excluding carboxylic acids is 2. The van der Waals surface area contributed by atoms with E-state index in [-0.39, 0.29) is 25.2 Å². The predicted molar refractivity (Wildman–Crippen MR) is 97.5 cm³/mol. The molecule has 0 bridgehead atoms. The lowest BCUT2D eigenvalue weighted by molar-refractivity contribution is -0.140. The third kappa shape index (κ3) is 4.61. The van der Waals surface area contributed by atoms with Crippen molar-refractivity contribution in [2.75, 3.05) is 13.7 Å². The summed E-state index contributed by atoms with van der Waals surface area (Å²) in [6.45, 7) is 0.0364. The minimum absolute atomic E-state index is 0.00834. The van der Waals surface area contributed by atoms with E-state index in [0.717, 1.165) is 17.7 Å². The number of hydrogen-bond donors (Lipinski definition) is 0. The second kappa shape index (κ2) is 8.75. The summed E-state index contributed by atoms with van der Waals surface area (Å²) >= 11 is 1.27. The molecule has 6 nitrogen and oxygen atoms in total. The Hall–Kier alpha value is -3.07. The molecule has 0 atom stereocenters. The van der Waals surface area contributed by atoms with E-state index in [0.29, 0.717) is 10.6 Å². The Morgan fingerprint density at radius 3 is 2.75 bits per heavy atom. The van der Waals surface area contributed by atoms with Crippen LogP contribution in [0.1, 0.15) is 22.5 Å². The van der Waals surface area contributed by atoms with E-state index in [1.54, 1.807) is 11.4 Å². The van der Waals surface area contributed by atoms with Crippen molar-refractivity contribution < 1.29 is 27.5 Å². The molecule has 2 heterocycles. The molecular weight excluding hydrogens is 390 g/mol. The molecule has 0 saturated heterocycles. The molecule has 0 aliphatic carbocycles. The first-order valence-corrected chi connectivity index (χ1v) is 9.14. The SMILES string of the molecule is COC(=O)CCN(Cc1ccc(F)c(F)c1)C(=O)c1csc(-c2ccoc2)n1. The summed E-state index contributed by atoms with van der Waals surface area (Å²) in [6, 6.07) is 5.12. The maximum atomic E-state index is 13.5. The highest BCUT2D eigenvalue weighted by Gasteiger charge is 2.21. The van der Waals surface area contributed by atoms with E-state index in [9.17, 15) is 18.4 Å². The summed E-state index contributed by atoms with van der Waals surface area (Å²) in [5.41, 5.74) is 1.32. The number of aromatic nitrogens is 1. The number of ether oxygens (including phenoxy) is 1. The molecule has 1 amide bonds. The molecule has 28 heavy (non-hydrogen) atoms. The fraction of sp³-hybridized carbons (Fsp3) is 0.211. The van der Waals surface area contributed by atoms with Gasteiger partial charge in [-0.1, -0.05) is 6.07 Å². The van der Waals surface area contributed by atoms with Gasteiger partial charge in [-0.3, -0.25) is 9.59 Å². The molecule has 0 N–H and O–H groups in total. The van der Waals surface area contributed by atoms with Crippen LogP contribution in [0.4, 0.5) is 8.78 Å². The van der Waals surface area contributed by atoms with Crippen molar-refractivity contribution in [2.45, 2.75) is 13.0 Å². The number of amides is 1. The first-order chi connectivity index (χ1) is 13.5. The Balaban J connectivity index is 1.81. The second-order valence-corrected chi connectivity index (χ2v) is 6.71. The Morgan fingerprint density at radius 1 is 1.25 bits per heavy atom. The number of benzene rings is 1. The molecular formula is C19H16F2N2O4S. The van der Waals surface area contributed by atoms with Crippen LogP contribution in [-0.2, 0) is 16.1 Å². The summed E-state index contributed by atoms with van der Waals surface area (Å²) in [5, 5.41) is 2.21.